The molecule has 2 unspecified atom stereocenters. The first-order valence-corrected chi connectivity index (χ1v) is 12.7. The zero-order valence-electron chi connectivity index (χ0n) is 19.3. The Balaban J connectivity index is 1.88. The summed E-state index contributed by atoms with van der Waals surface area (Å²) in [7, 11) is 1.31. The van der Waals surface area contributed by atoms with E-state index in [4.69, 9.17) is 14.2 Å². The van der Waals surface area contributed by atoms with Gasteiger partial charge in [0.25, 0.3) is 0 Å². The van der Waals surface area contributed by atoms with E-state index in [9.17, 15) is 17.6 Å². The molecule has 33 heavy (non-hydrogen) atoms. The number of Topliss-reactive ketones (excluding diaryl/α,β-unsaturated/α-hetero) is 1. The Hall–Kier alpha value is -2.65. The van der Waals surface area contributed by atoms with Gasteiger partial charge in [0.2, 0.25) is 5.75 Å². The average Bonchev–Trinajstić information content (AvgIpc) is 3.08. The van der Waals surface area contributed by atoms with Gasteiger partial charge < -0.3 is 19.5 Å². The molecule has 2 aromatic carbocycles. The van der Waals surface area contributed by atoms with Crippen LogP contribution in [-0.4, -0.2) is 60.1 Å². The maximum absolute atomic E-state index is 13.6. The summed E-state index contributed by atoms with van der Waals surface area (Å²) in [5, 5.41) is 3.29. The molecule has 1 aliphatic rings. The molecule has 9 heteroatoms. The van der Waals surface area contributed by atoms with Crippen LogP contribution in [0.25, 0.3) is 0 Å². The minimum Gasteiger partial charge on any atom is -0.493 e. The molecule has 0 amide bonds. The van der Waals surface area contributed by atoms with E-state index in [1.165, 1.54) is 39.7 Å². The van der Waals surface area contributed by atoms with E-state index in [2.05, 4.69) is 5.32 Å². The number of ketones is 1. The van der Waals surface area contributed by atoms with E-state index in [0.29, 0.717) is 36.6 Å². The van der Waals surface area contributed by atoms with Crippen LogP contribution < -0.4 is 19.5 Å². The van der Waals surface area contributed by atoms with E-state index in [1.807, 2.05) is 0 Å². The second-order valence-electron chi connectivity index (χ2n) is 8.50. The van der Waals surface area contributed by atoms with E-state index in [1.54, 1.807) is 24.3 Å². The third kappa shape index (κ3) is 5.83. The summed E-state index contributed by atoms with van der Waals surface area (Å²) in [6.07, 6.45) is 2.07. The molecule has 0 spiro atoms. The molecule has 3 rings (SSSR count). The van der Waals surface area contributed by atoms with Gasteiger partial charge in [-0.05, 0) is 54.7 Å². The lowest BCUT2D eigenvalue weighted by atomic mass is 9.75. The number of nitrogens with one attached hydrogen (secondary N) is 1. The standard InChI is InChI=1S/C24H30FNO6S/c1-30-20-12-17(13-21(31-2)22(20)32-3)11-19-23(27)24(15-26-19,9-10-33(4,28)29)14-16-5-7-18(25)8-6-16/h5-8,12-13,19,26H,9-11,14-15H2,1-4H3. The summed E-state index contributed by atoms with van der Waals surface area (Å²) in [5.41, 5.74) is 0.705. The van der Waals surface area contributed by atoms with Crippen molar-refractivity contribution in [3.05, 3.63) is 53.3 Å². The Kier molecular flexibility index (Phi) is 7.64. The number of sulfone groups is 1. The van der Waals surface area contributed by atoms with Gasteiger partial charge in [-0.2, -0.15) is 0 Å². The molecule has 2 aromatic rings. The Morgan fingerprint density at radius 1 is 1.03 bits per heavy atom. The fraction of sp³-hybridized carbons (Fsp3) is 0.458. The Bertz CT molecular complexity index is 1080. The predicted octanol–water partition coefficient (Wildman–Crippen LogP) is 2.60. The number of benzene rings is 2. The molecule has 0 radical (unpaired) electrons. The molecule has 0 bridgehead atoms. The Labute approximate surface area is 194 Å². The molecular weight excluding hydrogens is 449 g/mol. The van der Waals surface area contributed by atoms with Crippen molar-refractivity contribution in [3.8, 4) is 17.2 Å². The molecule has 1 aliphatic heterocycles. The molecule has 2 atom stereocenters. The maximum Gasteiger partial charge on any atom is 0.203 e. The summed E-state index contributed by atoms with van der Waals surface area (Å²) in [6, 6.07) is 9.06. The lowest BCUT2D eigenvalue weighted by molar-refractivity contribution is -0.126. The minimum atomic E-state index is -3.26. The first-order chi connectivity index (χ1) is 15.6. The van der Waals surface area contributed by atoms with Crippen molar-refractivity contribution in [2.24, 2.45) is 5.41 Å². The molecule has 7 nitrogen and oxygen atoms in total. The van der Waals surface area contributed by atoms with Gasteiger partial charge in [-0.3, -0.25) is 4.79 Å². The molecule has 0 aromatic heterocycles. The van der Waals surface area contributed by atoms with Gasteiger partial charge in [0.15, 0.2) is 17.3 Å². The number of carbonyl (C=O) groups is 1. The zero-order chi connectivity index (χ0) is 24.2. The number of rotatable bonds is 10. The highest BCUT2D eigenvalue weighted by Crippen LogP contribution is 2.40. The van der Waals surface area contributed by atoms with Crippen molar-refractivity contribution < 1.29 is 31.8 Å². The monoisotopic (exact) mass is 479 g/mol. The molecular formula is C24H30FNO6S. The molecule has 1 heterocycles. The highest BCUT2D eigenvalue weighted by Gasteiger charge is 2.47. The second-order valence-corrected chi connectivity index (χ2v) is 10.8. The Morgan fingerprint density at radius 3 is 2.15 bits per heavy atom. The van der Waals surface area contributed by atoms with Crippen LogP contribution in [0.2, 0.25) is 0 Å². The van der Waals surface area contributed by atoms with E-state index in [0.717, 1.165) is 11.1 Å². The molecule has 1 N–H and O–H groups in total. The summed E-state index contributed by atoms with van der Waals surface area (Å²) >= 11 is 0. The largest absolute Gasteiger partial charge is 0.493 e. The van der Waals surface area contributed by atoms with Crippen molar-refractivity contribution in [1.29, 1.82) is 0 Å². The highest BCUT2D eigenvalue weighted by atomic mass is 32.2. The molecule has 0 aliphatic carbocycles. The van der Waals surface area contributed by atoms with Crippen LogP contribution >= 0.6 is 0 Å². The van der Waals surface area contributed by atoms with Crippen molar-refractivity contribution in [3.63, 3.8) is 0 Å². The average molecular weight is 480 g/mol. The van der Waals surface area contributed by atoms with Crippen LogP contribution in [-0.2, 0) is 27.5 Å². The third-order valence-corrected chi connectivity index (χ3v) is 7.04. The van der Waals surface area contributed by atoms with E-state index in [-0.39, 0.29) is 23.8 Å². The third-order valence-electron chi connectivity index (χ3n) is 6.10. The predicted molar refractivity (Wildman–Crippen MR) is 123 cm³/mol. The fourth-order valence-corrected chi connectivity index (χ4v) is 5.11. The quantitative estimate of drug-likeness (QED) is 0.560. The van der Waals surface area contributed by atoms with Crippen molar-refractivity contribution in [1.82, 2.24) is 5.32 Å². The molecule has 0 saturated carbocycles. The van der Waals surface area contributed by atoms with Gasteiger partial charge in [0, 0.05) is 18.2 Å². The number of ether oxygens (including phenoxy) is 3. The molecule has 1 fully saturated rings. The zero-order valence-corrected chi connectivity index (χ0v) is 20.1. The summed E-state index contributed by atoms with van der Waals surface area (Å²) in [5.74, 6) is 0.940. The SMILES string of the molecule is COc1cc(CC2NCC(CCS(C)(=O)=O)(Cc3ccc(F)cc3)C2=O)cc(OC)c1OC. The van der Waals surface area contributed by atoms with Crippen LogP contribution in [0.1, 0.15) is 17.5 Å². The number of carbonyl (C=O) groups excluding carboxylic acids is 1. The number of hydrogen-bond donors (Lipinski definition) is 1. The molecule has 180 valence electrons. The highest BCUT2D eigenvalue weighted by molar-refractivity contribution is 7.90. The smallest absolute Gasteiger partial charge is 0.203 e. The number of halogens is 1. The lowest BCUT2D eigenvalue weighted by Gasteiger charge is -2.27. The maximum atomic E-state index is 13.6. The van der Waals surface area contributed by atoms with E-state index >= 15 is 0 Å². The molecule has 1 saturated heterocycles. The van der Waals surface area contributed by atoms with Gasteiger partial charge in [-0.25, -0.2) is 12.8 Å². The topological polar surface area (TPSA) is 90.9 Å². The van der Waals surface area contributed by atoms with Crippen LogP contribution in [0, 0.1) is 11.2 Å². The lowest BCUT2D eigenvalue weighted by Crippen LogP contribution is -2.37. The van der Waals surface area contributed by atoms with Gasteiger partial charge in [0.05, 0.1) is 33.1 Å². The van der Waals surface area contributed by atoms with Crippen LogP contribution in [0.4, 0.5) is 4.39 Å². The van der Waals surface area contributed by atoms with Crippen LogP contribution in [0.15, 0.2) is 36.4 Å². The fourth-order valence-electron chi connectivity index (χ4n) is 4.35. The van der Waals surface area contributed by atoms with Crippen molar-refractivity contribution >= 4 is 15.6 Å². The first-order valence-electron chi connectivity index (χ1n) is 10.6. The Morgan fingerprint density at radius 2 is 1.64 bits per heavy atom. The van der Waals surface area contributed by atoms with Crippen LogP contribution in [0.5, 0.6) is 17.2 Å². The van der Waals surface area contributed by atoms with Gasteiger partial charge >= 0.3 is 0 Å². The summed E-state index contributed by atoms with van der Waals surface area (Å²) in [4.78, 5) is 13.6. The summed E-state index contributed by atoms with van der Waals surface area (Å²) in [6.45, 7) is 0.341. The van der Waals surface area contributed by atoms with Gasteiger partial charge in [-0.15, -0.1) is 0 Å². The van der Waals surface area contributed by atoms with Gasteiger partial charge in [0.1, 0.15) is 15.7 Å². The first kappa shape index (κ1) is 25.0. The van der Waals surface area contributed by atoms with Crippen molar-refractivity contribution in [2.45, 2.75) is 25.3 Å². The number of methoxy groups -OCH3 is 3. The van der Waals surface area contributed by atoms with Crippen LogP contribution in [0.3, 0.4) is 0 Å². The number of hydrogen-bond acceptors (Lipinski definition) is 7. The summed E-state index contributed by atoms with van der Waals surface area (Å²) < 4.78 is 53.3. The van der Waals surface area contributed by atoms with Gasteiger partial charge in [-0.1, -0.05) is 12.1 Å². The van der Waals surface area contributed by atoms with Crippen molar-refractivity contribution in [2.75, 3.05) is 39.9 Å². The van der Waals surface area contributed by atoms with E-state index < -0.39 is 21.3 Å². The second kappa shape index (κ2) is 10.1. The minimum absolute atomic E-state index is 0.0516. The normalized spacial score (nSPS) is 20.6.